The predicted molar refractivity (Wildman–Crippen MR) is 72.4 cm³/mol. The maximum absolute atomic E-state index is 12.6. The molecule has 0 amide bonds. The molecule has 0 saturated carbocycles. The lowest BCUT2D eigenvalue weighted by molar-refractivity contribution is -0.137. The molecule has 2 aromatic rings. The second-order valence-electron chi connectivity index (χ2n) is 4.26. The molecular formula is C14H12F3NOS. The number of anilines is 1. The van der Waals surface area contributed by atoms with Crippen LogP contribution in [0.4, 0.5) is 18.9 Å². The van der Waals surface area contributed by atoms with Crippen LogP contribution in [-0.4, -0.2) is 4.21 Å². The van der Waals surface area contributed by atoms with E-state index in [9.17, 15) is 17.4 Å². The third-order valence-electron chi connectivity index (χ3n) is 2.67. The van der Waals surface area contributed by atoms with Gasteiger partial charge in [-0.3, -0.25) is 4.21 Å². The lowest BCUT2D eigenvalue weighted by atomic mass is 10.2. The normalized spacial score (nSPS) is 13.2. The molecule has 1 unspecified atom stereocenters. The van der Waals surface area contributed by atoms with Gasteiger partial charge in [-0.25, -0.2) is 0 Å². The van der Waals surface area contributed by atoms with Crippen molar-refractivity contribution >= 4 is 16.5 Å². The molecule has 0 heterocycles. The molecule has 2 nitrogen and oxygen atoms in total. The maximum Gasteiger partial charge on any atom is 0.416 e. The first-order valence-corrected chi connectivity index (χ1v) is 7.08. The first kappa shape index (κ1) is 14.6. The SMILES string of the molecule is Nc1cccc(CS(=O)c2cccc(C(F)(F)F)c2)c1. The summed E-state index contributed by atoms with van der Waals surface area (Å²) in [4.78, 5) is 0.155. The quantitative estimate of drug-likeness (QED) is 0.880. The summed E-state index contributed by atoms with van der Waals surface area (Å²) in [5, 5.41) is 0. The zero-order valence-corrected chi connectivity index (χ0v) is 11.2. The van der Waals surface area contributed by atoms with E-state index in [0.29, 0.717) is 5.69 Å². The summed E-state index contributed by atoms with van der Waals surface area (Å²) in [5.74, 6) is 0.131. The lowest BCUT2D eigenvalue weighted by Crippen LogP contribution is -2.06. The number of benzene rings is 2. The van der Waals surface area contributed by atoms with E-state index < -0.39 is 22.5 Å². The molecule has 106 valence electrons. The molecular weight excluding hydrogens is 287 g/mol. The molecule has 2 rings (SSSR count). The summed E-state index contributed by atoms with van der Waals surface area (Å²) in [7, 11) is -1.54. The molecule has 0 aliphatic carbocycles. The summed E-state index contributed by atoms with van der Waals surface area (Å²) in [6, 6.07) is 11.4. The van der Waals surface area contributed by atoms with Crippen LogP contribution in [0, 0.1) is 0 Å². The van der Waals surface area contributed by atoms with Crippen LogP contribution >= 0.6 is 0 Å². The van der Waals surface area contributed by atoms with Crippen molar-refractivity contribution in [3.63, 3.8) is 0 Å². The highest BCUT2D eigenvalue weighted by Gasteiger charge is 2.30. The number of nitrogen functional groups attached to an aromatic ring is 1. The van der Waals surface area contributed by atoms with Crippen LogP contribution in [0.3, 0.4) is 0 Å². The van der Waals surface area contributed by atoms with E-state index in [1.807, 2.05) is 0 Å². The van der Waals surface area contributed by atoms with E-state index in [1.165, 1.54) is 12.1 Å². The smallest absolute Gasteiger partial charge is 0.399 e. The third kappa shape index (κ3) is 3.60. The highest BCUT2D eigenvalue weighted by molar-refractivity contribution is 7.84. The van der Waals surface area contributed by atoms with Gasteiger partial charge >= 0.3 is 6.18 Å². The average Bonchev–Trinajstić information content (AvgIpc) is 2.38. The largest absolute Gasteiger partial charge is 0.416 e. The number of hydrogen-bond donors (Lipinski definition) is 1. The Morgan fingerprint density at radius 1 is 1.05 bits per heavy atom. The average molecular weight is 299 g/mol. The highest BCUT2D eigenvalue weighted by atomic mass is 32.2. The van der Waals surface area contributed by atoms with Gasteiger partial charge in [0.2, 0.25) is 0 Å². The number of hydrogen-bond acceptors (Lipinski definition) is 2. The zero-order valence-electron chi connectivity index (χ0n) is 10.4. The molecule has 1 atom stereocenters. The summed E-state index contributed by atoms with van der Waals surface area (Å²) >= 11 is 0. The van der Waals surface area contributed by atoms with E-state index >= 15 is 0 Å². The standard InChI is InChI=1S/C14H12F3NOS/c15-14(16,17)11-4-2-6-13(8-11)20(19)9-10-3-1-5-12(18)7-10/h1-8H,9,18H2. The molecule has 0 aromatic heterocycles. The van der Waals surface area contributed by atoms with Crippen LogP contribution in [-0.2, 0) is 22.7 Å². The van der Waals surface area contributed by atoms with Crippen LogP contribution < -0.4 is 5.73 Å². The molecule has 0 fully saturated rings. The summed E-state index contributed by atoms with van der Waals surface area (Å²) < 4.78 is 49.9. The van der Waals surface area contributed by atoms with Gasteiger partial charge in [0.25, 0.3) is 0 Å². The van der Waals surface area contributed by atoms with Crippen LogP contribution in [0.1, 0.15) is 11.1 Å². The zero-order chi connectivity index (χ0) is 14.8. The fraction of sp³-hybridized carbons (Fsp3) is 0.143. The van der Waals surface area contributed by atoms with E-state index in [4.69, 9.17) is 5.73 Å². The van der Waals surface area contributed by atoms with Gasteiger partial charge in [-0.2, -0.15) is 13.2 Å². The Morgan fingerprint density at radius 3 is 2.40 bits per heavy atom. The van der Waals surface area contributed by atoms with E-state index in [-0.39, 0.29) is 10.6 Å². The first-order chi connectivity index (χ1) is 9.36. The van der Waals surface area contributed by atoms with Crippen molar-refractivity contribution in [2.75, 3.05) is 5.73 Å². The molecule has 0 spiro atoms. The monoisotopic (exact) mass is 299 g/mol. The van der Waals surface area contributed by atoms with Gasteiger partial charge < -0.3 is 5.73 Å². The van der Waals surface area contributed by atoms with Crippen molar-refractivity contribution in [2.45, 2.75) is 16.8 Å². The minimum absolute atomic E-state index is 0.131. The number of alkyl halides is 3. The molecule has 0 aliphatic heterocycles. The van der Waals surface area contributed by atoms with Crippen molar-refractivity contribution in [3.8, 4) is 0 Å². The summed E-state index contributed by atoms with van der Waals surface area (Å²) in [6.07, 6.45) is -4.43. The minimum atomic E-state index is -4.43. The van der Waals surface area contributed by atoms with Gasteiger partial charge in [0.1, 0.15) is 0 Å². The highest BCUT2D eigenvalue weighted by Crippen LogP contribution is 2.30. The topological polar surface area (TPSA) is 43.1 Å². The first-order valence-electron chi connectivity index (χ1n) is 5.76. The Balaban J connectivity index is 2.22. The second-order valence-corrected chi connectivity index (χ2v) is 5.71. The molecule has 20 heavy (non-hydrogen) atoms. The van der Waals surface area contributed by atoms with Gasteiger partial charge in [0, 0.05) is 10.6 Å². The minimum Gasteiger partial charge on any atom is -0.399 e. The Kier molecular flexibility index (Phi) is 4.13. The van der Waals surface area contributed by atoms with Crippen molar-refractivity contribution in [3.05, 3.63) is 59.7 Å². The maximum atomic E-state index is 12.6. The Labute approximate surface area is 116 Å². The van der Waals surface area contributed by atoms with Gasteiger partial charge in [-0.1, -0.05) is 18.2 Å². The van der Waals surface area contributed by atoms with Gasteiger partial charge in [0.05, 0.1) is 22.1 Å². The Morgan fingerprint density at radius 2 is 1.75 bits per heavy atom. The van der Waals surface area contributed by atoms with Gasteiger partial charge in [0.15, 0.2) is 0 Å². The molecule has 0 bridgehead atoms. The van der Waals surface area contributed by atoms with Crippen molar-refractivity contribution in [2.24, 2.45) is 0 Å². The van der Waals surface area contributed by atoms with Crippen molar-refractivity contribution in [1.29, 1.82) is 0 Å². The van der Waals surface area contributed by atoms with Crippen LogP contribution in [0.15, 0.2) is 53.4 Å². The van der Waals surface area contributed by atoms with E-state index in [0.717, 1.165) is 17.7 Å². The molecule has 0 aliphatic rings. The van der Waals surface area contributed by atoms with Crippen LogP contribution in [0.25, 0.3) is 0 Å². The van der Waals surface area contributed by atoms with Crippen LogP contribution in [0.2, 0.25) is 0 Å². The predicted octanol–water partition coefficient (Wildman–Crippen LogP) is 3.60. The van der Waals surface area contributed by atoms with Crippen molar-refractivity contribution in [1.82, 2.24) is 0 Å². The summed E-state index contributed by atoms with van der Waals surface area (Å²) in [6.45, 7) is 0. The Bertz CT molecular complexity index is 640. The van der Waals surface area contributed by atoms with Gasteiger partial charge in [-0.15, -0.1) is 0 Å². The fourth-order valence-electron chi connectivity index (χ4n) is 1.73. The lowest BCUT2D eigenvalue weighted by Gasteiger charge is -2.09. The van der Waals surface area contributed by atoms with Gasteiger partial charge in [-0.05, 0) is 35.9 Å². The third-order valence-corrected chi connectivity index (χ3v) is 4.05. The second kappa shape index (κ2) is 5.66. The van der Waals surface area contributed by atoms with E-state index in [2.05, 4.69) is 0 Å². The van der Waals surface area contributed by atoms with Crippen LogP contribution in [0.5, 0.6) is 0 Å². The summed E-state index contributed by atoms with van der Waals surface area (Å²) in [5.41, 5.74) is 6.07. The molecule has 0 radical (unpaired) electrons. The van der Waals surface area contributed by atoms with E-state index in [1.54, 1.807) is 24.3 Å². The van der Waals surface area contributed by atoms with Crippen molar-refractivity contribution < 1.29 is 17.4 Å². The number of halogens is 3. The molecule has 6 heteroatoms. The number of nitrogens with two attached hydrogens (primary N) is 1. The molecule has 2 N–H and O–H groups in total. The molecule has 0 saturated heterocycles. The number of rotatable bonds is 3. The fourth-order valence-corrected chi connectivity index (χ4v) is 2.87. The molecule has 2 aromatic carbocycles. The Hall–Kier alpha value is -1.82.